The summed E-state index contributed by atoms with van der Waals surface area (Å²) >= 11 is 3.31. The minimum Gasteiger partial charge on any atom is -0.460 e. The second-order valence-electron chi connectivity index (χ2n) is 17.7. The summed E-state index contributed by atoms with van der Waals surface area (Å²) in [6, 6.07) is 0. The highest BCUT2D eigenvalue weighted by molar-refractivity contribution is 9.09. The van der Waals surface area contributed by atoms with Crippen molar-refractivity contribution in [3.8, 4) is 0 Å². The number of hydrogen-bond donors (Lipinski definition) is 0. The lowest BCUT2D eigenvalue weighted by molar-refractivity contribution is -0.156. The van der Waals surface area contributed by atoms with Crippen LogP contribution in [0.1, 0.15) is 27.2 Å². The highest BCUT2D eigenvalue weighted by Gasteiger charge is 2.15. The Morgan fingerprint density at radius 3 is 0.427 bits per heavy atom. The summed E-state index contributed by atoms with van der Waals surface area (Å²) < 4.78 is 137. The molecule has 0 unspecified atom stereocenters. The monoisotopic (exact) mass is 1260 g/mol. The van der Waals surface area contributed by atoms with Gasteiger partial charge in [-0.15, -0.1) is 0 Å². The molecule has 0 aromatic carbocycles. The molecule has 0 amide bonds. The van der Waals surface area contributed by atoms with E-state index in [4.69, 9.17) is 118 Å². The van der Waals surface area contributed by atoms with Crippen molar-refractivity contribution in [2.45, 2.75) is 32.8 Å². The summed E-state index contributed by atoms with van der Waals surface area (Å²) in [6.45, 7) is 29.0. The largest absolute Gasteiger partial charge is 0.460 e. The molecular weight excluding hydrogens is 1160 g/mol. The molecule has 492 valence electrons. The Kier molecular flexibility index (Phi) is 71.6. The lowest BCUT2D eigenvalue weighted by atomic mass is 10.2. The van der Waals surface area contributed by atoms with Crippen LogP contribution >= 0.6 is 15.9 Å². The first kappa shape index (κ1) is 81.0. The lowest BCUT2D eigenvalue weighted by Gasteiger charge is -2.19. The molecule has 0 saturated carbocycles. The Labute approximate surface area is 498 Å². The van der Waals surface area contributed by atoms with Crippen LogP contribution in [0.25, 0.3) is 0 Å². The molecule has 0 aliphatic rings. The molecule has 0 aliphatic heterocycles. The summed E-state index contributed by atoms with van der Waals surface area (Å²) in [7, 11) is 0. The molecule has 0 radical (unpaired) electrons. The van der Waals surface area contributed by atoms with Crippen molar-refractivity contribution >= 4 is 21.9 Å². The maximum Gasteiger partial charge on any atom is 0.308 e. The van der Waals surface area contributed by atoms with E-state index in [0.29, 0.717) is 317 Å². The molecule has 0 aromatic rings. The van der Waals surface area contributed by atoms with Gasteiger partial charge >= 0.3 is 5.97 Å². The first-order valence-electron chi connectivity index (χ1n) is 29.1. The van der Waals surface area contributed by atoms with E-state index in [2.05, 4.69) is 15.9 Å². The van der Waals surface area contributed by atoms with E-state index in [1.807, 2.05) is 20.8 Å². The first-order valence-corrected chi connectivity index (χ1v) is 30.2. The number of alkyl halides is 1. The number of ether oxygens (including phenoxy) is 25. The van der Waals surface area contributed by atoms with Gasteiger partial charge in [-0.2, -0.15) is 0 Å². The van der Waals surface area contributed by atoms with Crippen LogP contribution in [0.2, 0.25) is 0 Å². The van der Waals surface area contributed by atoms with Crippen molar-refractivity contribution in [1.29, 1.82) is 0 Å². The summed E-state index contributed by atoms with van der Waals surface area (Å²) in [5, 5.41) is 0.829. The molecule has 0 fully saturated rings. The molecule has 0 bridgehead atoms. The minimum absolute atomic E-state index is 0.224. The Bertz CT molecular complexity index is 1190. The Morgan fingerprint density at radius 1 is 0.207 bits per heavy atom. The van der Waals surface area contributed by atoms with Gasteiger partial charge in [0, 0.05) is 5.33 Å². The van der Waals surface area contributed by atoms with Crippen molar-refractivity contribution in [2.24, 2.45) is 0 Å². The number of carbonyl (C=O) groups excluding carboxylic acids is 1. The predicted molar refractivity (Wildman–Crippen MR) is 304 cm³/mol. The molecule has 0 spiro atoms. The summed E-state index contributed by atoms with van der Waals surface area (Å²) in [5.74, 6) is -0.271. The Balaban J connectivity index is 3.10. The molecule has 0 heterocycles. The molecule has 0 aliphatic carbocycles. The zero-order chi connectivity index (χ0) is 59.1. The topological polar surface area (TPSA) is 248 Å². The van der Waals surface area contributed by atoms with Crippen LogP contribution in [0.5, 0.6) is 0 Å². The van der Waals surface area contributed by atoms with Gasteiger partial charge in [0.05, 0.1) is 324 Å². The van der Waals surface area contributed by atoms with Gasteiger partial charge in [0.15, 0.2) is 0 Å². The van der Waals surface area contributed by atoms with Crippen molar-refractivity contribution < 1.29 is 123 Å². The van der Waals surface area contributed by atoms with Gasteiger partial charge in [0.2, 0.25) is 0 Å². The smallest absolute Gasteiger partial charge is 0.308 e. The van der Waals surface area contributed by atoms with Crippen LogP contribution in [0.4, 0.5) is 0 Å². The van der Waals surface area contributed by atoms with Gasteiger partial charge in [0.25, 0.3) is 0 Å². The summed E-state index contributed by atoms with van der Waals surface area (Å²) in [4.78, 5) is 11.6. The quantitative estimate of drug-likeness (QED) is 0.0482. The average Bonchev–Trinajstić information content (AvgIpc) is 3.46. The third-order valence-electron chi connectivity index (χ3n) is 9.65. The van der Waals surface area contributed by atoms with Crippen LogP contribution < -0.4 is 0 Å². The molecule has 26 nitrogen and oxygen atoms in total. The molecule has 0 rings (SSSR count). The average molecular weight is 1270 g/mol. The number of rotatable bonds is 74. The Morgan fingerprint density at radius 2 is 0.317 bits per heavy atom. The normalized spacial score (nSPS) is 11.9. The van der Waals surface area contributed by atoms with Gasteiger partial charge in [0.1, 0.15) is 5.60 Å². The zero-order valence-corrected chi connectivity index (χ0v) is 51.9. The fraction of sp³-hybridized carbons (Fsp3) is 0.982. The van der Waals surface area contributed by atoms with Crippen molar-refractivity contribution in [1.82, 2.24) is 0 Å². The van der Waals surface area contributed by atoms with Crippen molar-refractivity contribution in [3.05, 3.63) is 0 Å². The number of halogens is 1. The van der Waals surface area contributed by atoms with E-state index < -0.39 is 5.60 Å². The predicted octanol–water partition coefficient (Wildman–Crippen LogP) is 2.51. The summed E-state index contributed by atoms with van der Waals surface area (Å²) in [6.07, 6.45) is 0.224. The van der Waals surface area contributed by atoms with Crippen LogP contribution in [-0.2, 0) is 123 Å². The number of hydrogen-bond acceptors (Lipinski definition) is 26. The third-order valence-corrected chi connectivity index (χ3v) is 9.97. The highest BCUT2D eigenvalue weighted by atomic mass is 79.9. The third kappa shape index (κ3) is 77.0. The summed E-state index contributed by atoms with van der Waals surface area (Å²) in [5.41, 5.74) is -0.483. The van der Waals surface area contributed by atoms with E-state index in [0.717, 1.165) is 5.33 Å². The second-order valence-corrected chi connectivity index (χ2v) is 18.5. The van der Waals surface area contributed by atoms with Gasteiger partial charge in [-0.05, 0) is 20.8 Å². The molecule has 0 aromatic heterocycles. The van der Waals surface area contributed by atoms with Gasteiger partial charge in [-0.1, -0.05) is 15.9 Å². The molecule has 0 saturated heterocycles. The fourth-order valence-electron chi connectivity index (χ4n) is 5.76. The van der Waals surface area contributed by atoms with E-state index in [-0.39, 0.29) is 12.4 Å². The minimum atomic E-state index is -0.483. The molecule has 0 N–H and O–H groups in total. The Hall–Kier alpha value is -1.01. The standard InChI is InChI=1S/C55H109BrO26/c1-55(2,3)82-54(57)4-6-58-8-10-60-12-14-62-16-18-64-20-22-66-24-26-68-28-30-70-32-34-72-36-38-74-40-42-76-44-46-78-48-50-80-52-53-81-51-49-79-47-45-77-43-41-75-39-37-73-35-33-71-31-29-69-27-25-67-23-21-65-19-17-63-15-13-61-11-9-59-7-5-56/h4-53H2,1-3H3. The number of esters is 1. The second kappa shape index (κ2) is 72.5. The van der Waals surface area contributed by atoms with E-state index >= 15 is 0 Å². The molecule has 82 heavy (non-hydrogen) atoms. The van der Waals surface area contributed by atoms with Gasteiger partial charge in [-0.3, -0.25) is 4.79 Å². The maximum atomic E-state index is 11.6. The van der Waals surface area contributed by atoms with E-state index in [1.54, 1.807) is 0 Å². The van der Waals surface area contributed by atoms with Gasteiger partial charge < -0.3 is 118 Å². The first-order chi connectivity index (χ1) is 40.5. The molecular formula is C55H109BrO26. The maximum absolute atomic E-state index is 11.6. The zero-order valence-electron chi connectivity index (χ0n) is 50.3. The van der Waals surface area contributed by atoms with Crippen LogP contribution in [0.15, 0.2) is 0 Å². The lowest BCUT2D eigenvalue weighted by Crippen LogP contribution is -2.24. The number of carbonyl (C=O) groups is 1. The van der Waals surface area contributed by atoms with Crippen LogP contribution in [0.3, 0.4) is 0 Å². The molecule has 27 heteroatoms. The van der Waals surface area contributed by atoms with Crippen LogP contribution in [0, 0.1) is 0 Å². The van der Waals surface area contributed by atoms with Crippen molar-refractivity contribution in [3.63, 3.8) is 0 Å². The molecule has 0 atom stereocenters. The highest BCUT2D eigenvalue weighted by Crippen LogP contribution is 2.08. The van der Waals surface area contributed by atoms with Crippen LogP contribution in [-0.4, -0.2) is 334 Å². The van der Waals surface area contributed by atoms with E-state index in [9.17, 15) is 4.79 Å². The van der Waals surface area contributed by atoms with Gasteiger partial charge in [-0.25, -0.2) is 0 Å². The fourth-order valence-corrected chi connectivity index (χ4v) is 5.99. The SMILES string of the molecule is CC(C)(C)OC(=O)CCOCCOCCOCCOCCOCCOCCOCCOCCOCCOCCOCCOCCOCCOCCOCCOCCOCCOCCOCCOCCOCCOCCOCCOCCBr. The van der Waals surface area contributed by atoms with Crippen molar-refractivity contribution in [2.75, 3.05) is 322 Å². The van der Waals surface area contributed by atoms with E-state index in [1.165, 1.54) is 0 Å².